The van der Waals surface area contributed by atoms with Gasteiger partial charge in [0.05, 0.1) is 16.2 Å². The standard InChI is InChI=1S/C25H15ClN6O4/c26-20-9-8-16(13-22(20)32(35)36)24(33)18-6-1-2-7-19(18)25(34)28-17-5-3-4-15(12-17)21-10-11-23-29-27-14-31(23)30-21/h1-14H,(H,28,34). The van der Waals surface area contributed by atoms with Gasteiger partial charge in [-0.2, -0.15) is 9.61 Å². The minimum absolute atomic E-state index is 0.0452. The SMILES string of the molecule is O=C(Nc1cccc(-c2ccc3nncn3n2)c1)c1ccccc1C(=O)c1ccc(Cl)c([N+](=O)[O-])c1. The molecular formula is C25H15ClN6O4. The summed E-state index contributed by atoms with van der Waals surface area (Å²) in [4.78, 5) is 36.9. The third-order valence-corrected chi connectivity index (χ3v) is 5.72. The number of nitro benzene ring substituents is 1. The van der Waals surface area contributed by atoms with Gasteiger partial charge in [0.2, 0.25) is 0 Å². The minimum Gasteiger partial charge on any atom is -0.322 e. The summed E-state index contributed by atoms with van der Waals surface area (Å²) >= 11 is 5.86. The van der Waals surface area contributed by atoms with Crippen LogP contribution in [0, 0.1) is 10.1 Å². The van der Waals surface area contributed by atoms with Gasteiger partial charge in [0.15, 0.2) is 11.4 Å². The number of fused-ring (bicyclic) bond motifs is 1. The van der Waals surface area contributed by atoms with Crippen molar-refractivity contribution in [2.75, 3.05) is 5.32 Å². The molecule has 36 heavy (non-hydrogen) atoms. The van der Waals surface area contributed by atoms with Crippen LogP contribution in [0.5, 0.6) is 0 Å². The van der Waals surface area contributed by atoms with Crippen LogP contribution >= 0.6 is 11.6 Å². The first-order chi connectivity index (χ1) is 17.4. The van der Waals surface area contributed by atoms with Crippen molar-refractivity contribution >= 4 is 40.3 Å². The van der Waals surface area contributed by atoms with Crippen molar-refractivity contribution in [1.82, 2.24) is 19.8 Å². The number of ketones is 1. The van der Waals surface area contributed by atoms with E-state index in [4.69, 9.17) is 11.6 Å². The van der Waals surface area contributed by atoms with Crippen molar-refractivity contribution in [3.63, 3.8) is 0 Å². The zero-order valence-corrected chi connectivity index (χ0v) is 19.1. The Morgan fingerprint density at radius 1 is 0.944 bits per heavy atom. The van der Waals surface area contributed by atoms with Crippen molar-refractivity contribution < 1.29 is 14.5 Å². The summed E-state index contributed by atoms with van der Waals surface area (Å²) in [5.41, 5.74) is 2.38. The van der Waals surface area contributed by atoms with Crippen LogP contribution in [0.4, 0.5) is 11.4 Å². The zero-order valence-electron chi connectivity index (χ0n) is 18.3. The number of hydrogen-bond donors (Lipinski definition) is 1. The molecule has 0 fully saturated rings. The molecule has 0 aliphatic carbocycles. The maximum atomic E-state index is 13.2. The molecule has 3 aromatic carbocycles. The van der Waals surface area contributed by atoms with E-state index in [9.17, 15) is 19.7 Å². The topological polar surface area (TPSA) is 132 Å². The first-order valence-electron chi connectivity index (χ1n) is 10.6. The number of nitro groups is 1. The number of nitrogens with zero attached hydrogens (tertiary/aromatic N) is 5. The number of carbonyl (C=O) groups is 2. The van der Waals surface area contributed by atoms with Gasteiger partial charge in [-0.1, -0.05) is 41.9 Å². The van der Waals surface area contributed by atoms with Crippen LogP contribution in [-0.2, 0) is 0 Å². The lowest BCUT2D eigenvalue weighted by Gasteiger charge is -2.11. The average Bonchev–Trinajstić information content (AvgIpc) is 3.36. The number of carbonyl (C=O) groups excluding carboxylic acids is 2. The molecule has 0 spiro atoms. The van der Waals surface area contributed by atoms with Crippen molar-refractivity contribution in [3.8, 4) is 11.3 Å². The summed E-state index contributed by atoms with van der Waals surface area (Å²) in [6.45, 7) is 0. The monoisotopic (exact) mass is 498 g/mol. The smallest absolute Gasteiger partial charge is 0.288 e. The number of benzene rings is 3. The molecule has 0 aliphatic rings. The molecule has 2 heterocycles. The van der Waals surface area contributed by atoms with E-state index in [2.05, 4.69) is 20.6 Å². The fourth-order valence-electron chi connectivity index (χ4n) is 3.67. The predicted molar refractivity (Wildman–Crippen MR) is 132 cm³/mol. The summed E-state index contributed by atoms with van der Waals surface area (Å²) in [5, 5.41) is 26.2. The Kier molecular flexibility index (Phi) is 5.93. The second-order valence-corrected chi connectivity index (χ2v) is 8.09. The highest BCUT2D eigenvalue weighted by atomic mass is 35.5. The molecule has 1 amide bonds. The van der Waals surface area contributed by atoms with Gasteiger partial charge in [0.1, 0.15) is 11.3 Å². The molecule has 0 aliphatic heterocycles. The first kappa shape index (κ1) is 22.8. The predicted octanol–water partition coefficient (Wildman–Crippen LogP) is 4.84. The molecule has 10 nitrogen and oxygen atoms in total. The summed E-state index contributed by atoms with van der Waals surface area (Å²) < 4.78 is 1.55. The lowest BCUT2D eigenvalue weighted by molar-refractivity contribution is -0.384. The van der Waals surface area contributed by atoms with Crippen LogP contribution in [-0.4, -0.2) is 36.4 Å². The third kappa shape index (κ3) is 4.40. The van der Waals surface area contributed by atoms with Gasteiger partial charge in [-0.15, -0.1) is 10.2 Å². The zero-order chi connectivity index (χ0) is 25.2. The highest BCUT2D eigenvalue weighted by molar-refractivity contribution is 6.33. The highest BCUT2D eigenvalue weighted by Crippen LogP contribution is 2.27. The van der Waals surface area contributed by atoms with Gasteiger partial charge in [-0.05, 0) is 42.5 Å². The summed E-state index contributed by atoms with van der Waals surface area (Å²) in [6, 6.07) is 20.7. The number of aromatic nitrogens is 4. The first-order valence-corrected chi connectivity index (χ1v) is 10.9. The van der Waals surface area contributed by atoms with Crippen LogP contribution in [0.1, 0.15) is 26.3 Å². The second kappa shape index (κ2) is 9.35. The van der Waals surface area contributed by atoms with E-state index in [1.54, 1.807) is 47.0 Å². The lowest BCUT2D eigenvalue weighted by atomic mass is 9.97. The Labute approximate surface area is 208 Å². The lowest BCUT2D eigenvalue weighted by Crippen LogP contribution is -2.17. The largest absolute Gasteiger partial charge is 0.322 e. The molecule has 0 bridgehead atoms. The van der Waals surface area contributed by atoms with Crippen molar-refractivity contribution in [2.45, 2.75) is 0 Å². The number of halogens is 1. The van der Waals surface area contributed by atoms with Crippen molar-refractivity contribution in [1.29, 1.82) is 0 Å². The van der Waals surface area contributed by atoms with E-state index in [0.29, 0.717) is 17.0 Å². The Balaban J connectivity index is 1.43. The van der Waals surface area contributed by atoms with Crippen LogP contribution in [0.2, 0.25) is 5.02 Å². The molecule has 1 N–H and O–H groups in total. The van der Waals surface area contributed by atoms with Gasteiger partial charge in [0, 0.05) is 28.4 Å². The Morgan fingerprint density at radius 2 is 1.75 bits per heavy atom. The number of nitrogens with one attached hydrogen (secondary N) is 1. The van der Waals surface area contributed by atoms with Crippen LogP contribution in [0.15, 0.2) is 85.2 Å². The van der Waals surface area contributed by atoms with Crippen molar-refractivity contribution in [3.05, 3.63) is 117 Å². The van der Waals surface area contributed by atoms with Gasteiger partial charge in [-0.25, -0.2) is 0 Å². The Morgan fingerprint density at radius 3 is 2.56 bits per heavy atom. The molecule has 0 saturated heterocycles. The average molecular weight is 499 g/mol. The molecule has 176 valence electrons. The quantitative estimate of drug-likeness (QED) is 0.201. The highest BCUT2D eigenvalue weighted by Gasteiger charge is 2.21. The fourth-order valence-corrected chi connectivity index (χ4v) is 3.85. The van der Waals surface area contributed by atoms with E-state index in [0.717, 1.165) is 11.6 Å². The summed E-state index contributed by atoms with van der Waals surface area (Å²) in [5.74, 6) is -1.05. The van der Waals surface area contributed by atoms with Gasteiger partial charge in [-0.3, -0.25) is 19.7 Å². The molecule has 11 heteroatoms. The molecule has 0 atom stereocenters. The molecule has 0 radical (unpaired) electrons. The number of amides is 1. The second-order valence-electron chi connectivity index (χ2n) is 7.69. The fraction of sp³-hybridized carbons (Fsp3) is 0. The third-order valence-electron chi connectivity index (χ3n) is 5.40. The maximum absolute atomic E-state index is 13.2. The van der Waals surface area contributed by atoms with Gasteiger partial charge >= 0.3 is 0 Å². The van der Waals surface area contributed by atoms with Gasteiger partial charge < -0.3 is 5.32 Å². The molecule has 5 aromatic rings. The summed E-state index contributed by atoms with van der Waals surface area (Å²) in [6.07, 6.45) is 1.49. The number of rotatable bonds is 6. The molecule has 5 rings (SSSR count). The normalized spacial score (nSPS) is 10.8. The number of anilines is 1. The molecular weight excluding hydrogens is 484 g/mol. The van der Waals surface area contributed by atoms with Gasteiger partial charge in [0.25, 0.3) is 11.6 Å². The van der Waals surface area contributed by atoms with E-state index in [1.807, 2.05) is 6.07 Å². The van der Waals surface area contributed by atoms with E-state index in [1.165, 1.54) is 30.6 Å². The summed E-state index contributed by atoms with van der Waals surface area (Å²) in [7, 11) is 0. The van der Waals surface area contributed by atoms with Crippen molar-refractivity contribution in [2.24, 2.45) is 0 Å². The minimum atomic E-state index is -0.666. The van der Waals surface area contributed by atoms with Crippen LogP contribution in [0.25, 0.3) is 16.9 Å². The number of hydrogen-bond acceptors (Lipinski definition) is 7. The van der Waals surface area contributed by atoms with Crippen LogP contribution in [0.3, 0.4) is 0 Å². The molecule has 0 saturated carbocycles. The molecule has 0 unspecified atom stereocenters. The Bertz CT molecular complexity index is 1670. The maximum Gasteiger partial charge on any atom is 0.288 e. The van der Waals surface area contributed by atoms with E-state index >= 15 is 0 Å². The molecule has 2 aromatic heterocycles. The Hall–Kier alpha value is -4.96. The van der Waals surface area contributed by atoms with E-state index in [-0.39, 0.29) is 27.4 Å². The van der Waals surface area contributed by atoms with E-state index < -0.39 is 16.6 Å². The van der Waals surface area contributed by atoms with Crippen LogP contribution < -0.4 is 5.32 Å².